The summed E-state index contributed by atoms with van der Waals surface area (Å²) in [6, 6.07) is 13.3. The van der Waals surface area contributed by atoms with Crippen LogP contribution in [0.15, 0.2) is 42.5 Å². The van der Waals surface area contributed by atoms with Gasteiger partial charge in [-0.1, -0.05) is 35.9 Å². The maximum atomic E-state index is 12.4. The second-order valence-corrected chi connectivity index (χ2v) is 5.63. The van der Waals surface area contributed by atoms with Gasteiger partial charge in [-0.15, -0.1) is 0 Å². The van der Waals surface area contributed by atoms with E-state index in [9.17, 15) is 4.79 Å². The highest BCUT2D eigenvalue weighted by Gasteiger charge is 2.20. The Labute approximate surface area is 134 Å². The molecule has 2 amide bonds. The number of ether oxygens (including phenoxy) is 1. The SMILES string of the molecule is COc1ccc(NC(=O)N2CCc3ccccc3C2)cc1Cl. The van der Waals surface area contributed by atoms with Gasteiger partial charge in [0.1, 0.15) is 5.75 Å². The first-order valence-electron chi connectivity index (χ1n) is 7.13. The van der Waals surface area contributed by atoms with Crippen LogP contribution < -0.4 is 10.1 Å². The molecule has 0 fully saturated rings. The zero-order chi connectivity index (χ0) is 15.5. The van der Waals surface area contributed by atoms with Gasteiger partial charge in [-0.3, -0.25) is 0 Å². The first-order chi connectivity index (χ1) is 10.7. The van der Waals surface area contributed by atoms with E-state index in [1.165, 1.54) is 11.1 Å². The molecule has 1 aliphatic heterocycles. The van der Waals surface area contributed by atoms with E-state index in [0.29, 0.717) is 29.5 Å². The van der Waals surface area contributed by atoms with Gasteiger partial charge in [-0.25, -0.2) is 4.79 Å². The minimum absolute atomic E-state index is 0.115. The number of urea groups is 1. The molecule has 114 valence electrons. The standard InChI is InChI=1S/C17H17ClN2O2/c1-22-16-7-6-14(10-15(16)18)19-17(21)20-9-8-12-4-2-3-5-13(12)11-20/h2-7,10H,8-9,11H2,1H3,(H,19,21). The minimum Gasteiger partial charge on any atom is -0.495 e. The molecule has 2 aromatic carbocycles. The number of fused-ring (bicyclic) bond motifs is 1. The van der Waals surface area contributed by atoms with Crippen LogP contribution in [0.4, 0.5) is 10.5 Å². The quantitative estimate of drug-likeness (QED) is 0.911. The van der Waals surface area contributed by atoms with Crippen molar-refractivity contribution in [2.24, 2.45) is 0 Å². The predicted octanol–water partition coefficient (Wildman–Crippen LogP) is 3.94. The average Bonchev–Trinajstić information content (AvgIpc) is 2.54. The van der Waals surface area contributed by atoms with Crippen LogP contribution in [0.3, 0.4) is 0 Å². The number of carbonyl (C=O) groups is 1. The largest absolute Gasteiger partial charge is 0.495 e. The van der Waals surface area contributed by atoms with Crippen LogP contribution in [-0.4, -0.2) is 24.6 Å². The molecular formula is C17H17ClN2O2. The summed E-state index contributed by atoms with van der Waals surface area (Å²) in [4.78, 5) is 14.2. The molecule has 4 nitrogen and oxygen atoms in total. The number of nitrogens with one attached hydrogen (secondary N) is 1. The third kappa shape index (κ3) is 3.02. The van der Waals surface area contributed by atoms with Gasteiger partial charge in [0.25, 0.3) is 0 Å². The summed E-state index contributed by atoms with van der Waals surface area (Å²) in [6.45, 7) is 1.35. The molecule has 5 heteroatoms. The average molecular weight is 317 g/mol. The third-order valence-corrected chi connectivity index (χ3v) is 4.12. The summed E-state index contributed by atoms with van der Waals surface area (Å²) in [5, 5.41) is 3.36. The molecule has 0 spiro atoms. The Hall–Kier alpha value is -2.20. The number of methoxy groups -OCH3 is 1. The highest BCUT2D eigenvalue weighted by molar-refractivity contribution is 6.32. The molecule has 3 rings (SSSR count). The first-order valence-corrected chi connectivity index (χ1v) is 7.51. The van der Waals surface area contributed by atoms with Gasteiger partial charge in [0, 0.05) is 18.8 Å². The third-order valence-electron chi connectivity index (χ3n) is 3.82. The van der Waals surface area contributed by atoms with Crippen LogP contribution in [-0.2, 0) is 13.0 Å². The van der Waals surface area contributed by atoms with Crippen molar-refractivity contribution in [1.82, 2.24) is 4.90 Å². The fourth-order valence-electron chi connectivity index (χ4n) is 2.62. The number of benzene rings is 2. The smallest absolute Gasteiger partial charge is 0.322 e. The Kier molecular flexibility index (Phi) is 4.20. The van der Waals surface area contributed by atoms with Crippen LogP contribution in [0.5, 0.6) is 5.75 Å². The zero-order valence-corrected chi connectivity index (χ0v) is 13.1. The number of carbonyl (C=O) groups excluding carboxylic acids is 1. The molecule has 0 unspecified atom stereocenters. The molecule has 1 N–H and O–H groups in total. The van der Waals surface area contributed by atoms with E-state index < -0.39 is 0 Å². The second-order valence-electron chi connectivity index (χ2n) is 5.22. The van der Waals surface area contributed by atoms with Crippen LogP contribution in [0.2, 0.25) is 5.02 Å². The van der Waals surface area contributed by atoms with Crippen LogP contribution in [0, 0.1) is 0 Å². The van der Waals surface area contributed by atoms with Gasteiger partial charge in [0.15, 0.2) is 0 Å². The van der Waals surface area contributed by atoms with Crippen molar-refractivity contribution < 1.29 is 9.53 Å². The molecule has 0 bridgehead atoms. The number of nitrogens with zero attached hydrogens (tertiary/aromatic N) is 1. The summed E-state index contributed by atoms with van der Waals surface area (Å²) in [7, 11) is 1.56. The summed E-state index contributed by atoms with van der Waals surface area (Å²) in [6.07, 6.45) is 0.882. The van der Waals surface area contributed by atoms with Gasteiger partial charge < -0.3 is 15.0 Å². The fraction of sp³-hybridized carbons (Fsp3) is 0.235. The van der Waals surface area contributed by atoms with E-state index >= 15 is 0 Å². The van der Waals surface area contributed by atoms with E-state index in [4.69, 9.17) is 16.3 Å². The lowest BCUT2D eigenvalue weighted by Crippen LogP contribution is -2.38. The maximum absolute atomic E-state index is 12.4. The normalized spacial score (nSPS) is 13.5. The molecule has 0 aromatic heterocycles. The summed E-state index contributed by atoms with van der Waals surface area (Å²) >= 11 is 6.08. The monoisotopic (exact) mass is 316 g/mol. The number of rotatable bonds is 2. The van der Waals surface area contributed by atoms with Crippen molar-refractivity contribution in [3.63, 3.8) is 0 Å². The van der Waals surface area contributed by atoms with Gasteiger partial charge >= 0.3 is 6.03 Å². The van der Waals surface area contributed by atoms with E-state index in [1.807, 2.05) is 12.1 Å². The van der Waals surface area contributed by atoms with Crippen molar-refractivity contribution in [3.05, 3.63) is 58.6 Å². The van der Waals surface area contributed by atoms with Crippen LogP contribution in [0.1, 0.15) is 11.1 Å². The van der Waals surface area contributed by atoms with E-state index in [-0.39, 0.29) is 6.03 Å². The van der Waals surface area contributed by atoms with E-state index in [2.05, 4.69) is 17.4 Å². The van der Waals surface area contributed by atoms with Crippen molar-refractivity contribution in [2.45, 2.75) is 13.0 Å². The molecule has 0 radical (unpaired) electrons. The molecule has 0 saturated carbocycles. The van der Waals surface area contributed by atoms with Crippen molar-refractivity contribution >= 4 is 23.3 Å². The second kappa shape index (κ2) is 6.28. The minimum atomic E-state index is -0.115. The lowest BCUT2D eigenvalue weighted by molar-refractivity contribution is 0.206. The lowest BCUT2D eigenvalue weighted by atomic mass is 10.0. The van der Waals surface area contributed by atoms with Crippen LogP contribution >= 0.6 is 11.6 Å². The molecule has 2 aromatic rings. The van der Waals surface area contributed by atoms with E-state index in [0.717, 1.165) is 6.42 Å². The Morgan fingerprint density at radius 3 is 2.73 bits per heavy atom. The summed E-state index contributed by atoms with van der Waals surface area (Å²) in [5.74, 6) is 0.589. The Balaban J connectivity index is 1.69. The van der Waals surface area contributed by atoms with E-state index in [1.54, 1.807) is 30.2 Å². The highest BCUT2D eigenvalue weighted by atomic mass is 35.5. The van der Waals surface area contributed by atoms with Crippen molar-refractivity contribution in [1.29, 1.82) is 0 Å². The van der Waals surface area contributed by atoms with Gasteiger partial charge in [-0.2, -0.15) is 0 Å². The number of anilines is 1. The zero-order valence-electron chi connectivity index (χ0n) is 12.3. The van der Waals surface area contributed by atoms with Gasteiger partial charge in [0.05, 0.1) is 12.1 Å². The Morgan fingerprint density at radius 1 is 1.23 bits per heavy atom. The number of hydrogen-bond acceptors (Lipinski definition) is 2. The molecule has 0 aliphatic carbocycles. The van der Waals surface area contributed by atoms with Crippen molar-refractivity contribution in [3.8, 4) is 5.75 Å². The van der Waals surface area contributed by atoms with Gasteiger partial charge in [0.2, 0.25) is 0 Å². The summed E-state index contributed by atoms with van der Waals surface area (Å²) < 4.78 is 5.11. The molecular weight excluding hydrogens is 300 g/mol. The molecule has 0 atom stereocenters. The maximum Gasteiger partial charge on any atom is 0.322 e. The fourth-order valence-corrected chi connectivity index (χ4v) is 2.87. The van der Waals surface area contributed by atoms with Crippen LogP contribution in [0.25, 0.3) is 0 Å². The molecule has 22 heavy (non-hydrogen) atoms. The topological polar surface area (TPSA) is 41.6 Å². The Morgan fingerprint density at radius 2 is 2.00 bits per heavy atom. The highest BCUT2D eigenvalue weighted by Crippen LogP contribution is 2.27. The number of halogens is 1. The first kappa shape index (κ1) is 14.7. The Bertz CT molecular complexity index is 703. The molecule has 1 aliphatic rings. The van der Waals surface area contributed by atoms with Gasteiger partial charge in [-0.05, 0) is 35.7 Å². The van der Waals surface area contributed by atoms with Crippen molar-refractivity contribution in [2.75, 3.05) is 19.0 Å². The summed E-state index contributed by atoms with van der Waals surface area (Å²) in [5.41, 5.74) is 3.19. The predicted molar refractivity (Wildman–Crippen MR) is 87.6 cm³/mol. The number of amides is 2. The molecule has 1 heterocycles. The molecule has 0 saturated heterocycles. The number of hydrogen-bond donors (Lipinski definition) is 1. The lowest BCUT2D eigenvalue weighted by Gasteiger charge is -2.29.